The van der Waals surface area contributed by atoms with Crippen LogP contribution in [0.15, 0.2) is 10.9 Å². The highest BCUT2D eigenvalue weighted by atomic mass is 32.1. The van der Waals surface area contributed by atoms with Gasteiger partial charge in [-0.3, -0.25) is 4.79 Å². The second-order valence-electron chi connectivity index (χ2n) is 4.54. The van der Waals surface area contributed by atoms with E-state index in [1.807, 2.05) is 5.38 Å². The fourth-order valence-corrected chi connectivity index (χ4v) is 3.03. The van der Waals surface area contributed by atoms with Gasteiger partial charge in [-0.15, -0.1) is 11.3 Å². The molecule has 1 aromatic heterocycles. The van der Waals surface area contributed by atoms with Crippen LogP contribution in [-0.2, 0) is 16.0 Å². The predicted octanol–water partition coefficient (Wildman–Crippen LogP) is 0.885. The maximum Gasteiger partial charge on any atom is 0.233 e. The van der Waals surface area contributed by atoms with Gasteiger partial charge in [0.05, 0.1) is 16.2 Å². The van der Waals surface area contributed by atoms with E-state index in [-0.39, 0.29) is 10.9 Å². The number of hydrogen-bond acceptors (Lipinski definition) is 5. The Kier molecular flexibility index (Phi) is 4.84. The van der Waals surface area contributed by atoms with E-state index in [4.69, 9.17) is 22.7 Å². The van der Waals surface area contributed by atoms with Gasteiger partial charge >= 0.3 is 0 Å². The Bertz CT molecular complexity index is 442. The van der Waals surface area contributed by atoms with Gasteiger partial charge in [0.25, 0.3) is 0 Å². The molecule has 0 bridgehead atoms. The van der Waals surface area contributed by atoms with Crippen molar-refractivity contribution in [1.29, 1.82) is 0 Å². The molecule has 0 aliphatic carbocycles. The van der Waals surface area contributed by atoms with Crippen molar-refractivity contribution in [3.05, 3.63) is 16.6 Å². The van der Waals surface area contributed by atoms with Crippen LogP contribution in [0.2, 0.25) is 0 Å². The molecule has 7 heteroatoms. The quantitative estimate of drug-likeness (QED) is 0.789. The minimum absolute atomic E-state index is 0.0847. The maximum absolute atomic E-state index is 12.3. The zero-order chi connectivity index (χ0) is 13.7. The lowest BCUT2D eigenvalue weighted by molar-refractivity contribution is -0.131. The molecule has 0 spiro atoms. The Hall–Kier alpha value is -1.05. The molecule has 0 aromatic carbocycles. The molecule has 1 fully saturated rings. The van der Waals surface area contributed by atoms with E-state index >= 15 is 0 Å². The Morgan fingerprint density at radius 2 is 2.32 bits per heavy atom. The molecular formula is C12H17N3O2S2. The molecule has 104 valence electrons. The first-order chi connectivity index (χ1) is 9.15. The predicted molar refractivity (Wildman–Crippen MR) is 78.1 cm³/mol. The van der Waals surface area contributed by atoms with E-state index < -0.39 is 5.41 Å². The summed E-state index contributed by atoms with van der Waals surface area (Å²) in [5.41, 5.74) is 7.80. The third-order valence-electron chi connectivity index (χ3n) is 3.40. The van der Waals surface area contributed by atoms with Crippen molar-refractivity contribution in [2.24, 2.45) is 11.1 Å². The third kappa shape index (κ3) is 3.29. The van der Waals surface area contributed by atoms with Crippen molar-refractivity contribution in [2.75, 3.05) is 19.8 Å². The summed E-state index contributed by atoms with van der Waals surface area (Å²) in [7, 11) is 0. The average molecular weight is 299 g/mol. The number of thiazole rings is 1. The molecule has 0 radical (unpaired) electrons. The first-order valence-corrected chi connectivity index (χ1v) is 7.53. The average Bonchev–Trinajstić information content (AvgIpc) is 2.92. The molecule has 1 aliphatic heterocycles. The Morgan fingerprint density at radius 3 is 2.89 bits per heavy atom. The van der Waals surface area contributed by atoms with E-state index in [0.717, 1.165) is 12.1 Å². The first-order valence-electron chi connectivity index (χ1n) is 6.18. The van der Waals surface area contributed by atoms with Crippen molar-refractivity contribution < 1.29 is 9.53 Å². The zero-order valence-corrected chi connectivity index (χ0v) is 12.2. The highest BCUT2D eigenvalue weighted by molar-refractivity contribution is 7.80. The van der Waals surface area contributed by atoms with Crippen LogP contribution in [0.5, 0.6) is 0 Å². The molecule has 2 rings (SSSR count). The number of nitrogens with two attached hydrogens (primary N) is 1. The number of carbonyl (C=O) groups excluding carboxylic acids is 1. The summed E-state index contributed by atoms with van der Waals surface area (Å²) in [6, 6.07) is 0. The number of ether oxygens (including phenoxy) is 1. The van der Waals surface area contributed by atoms with Gasteiger partial charge in [0.2, 0.25) is 5.91 Å². The summed E-state index contributed by atoms with van der Waals surface area (Å²) in [6.45, 7) is 1.60. The lowest BCUT2D eigenvalue weighted by atomic mass is 9.79. The van der Waals surface area contributed by atoms with Gasteiger partial charge in [-0.1, -0.05) is 12.2 Å². The number of carbonyl (C=O) groups is 1. The largest absolute Gasteiger partial charge is 0.392 e. The van der Waals surface area contributed by atoms with Crippen LogP contribution in [0, 0.1) is 5.41 Å². The second-order valence-corrected chi connectivity index (χ2v) is 5.70. The highest BCUT2D eigenvalue weighted by Crippen LogP contribution is 2.31. The van der Waals surface area contributed by atoms with E-state index in [9.17, 15) is 4.79 Å². The molecular weight excluding hydrogens is 282 g/mol. The molecule has 19 heavy (non-hydrogen) atoms. The van der Waals surface area contributed by atoms with Crippen molar-refractivity contribution in [2.45, 2.75) is 19.3 Å². The van der Waals surface area contributed by atoms with Crippen LogP contribution < -0.4 is 11.1 Å². The smallest absolute Gasteiger partial charge is 0.233 e. The molecule has 0 atom stereocenters. The number of rotatable bonds is 5. The zero-order valence-electron chi connectivity index (χ0n) is 10.6. The summed E-state index contributed by atoms with van der Waals surface area (Å²) < 4.78 is 5.28. The number of hydrogen-bond donors (Lipinski definition) is 2. The van der Waals surface area contributed by atoms with Crippen LogP contribution >= 0.6 is 23.6 Å². The Balaban J connectivity index is 1.91. The minimum atomic E-state index is -0.740. The fraction of sp³-hybridized carbons (Fsp3) is 0.583. The fourth-order valence-electron chi connectivity index (χ4n) is 2.14. The van der Waals surface area contributed by atoms with E-state index in [2.05, 4.69) is 10.3 Å². The molecule has 0 saturated carbocycles. The Labute approximate surface area is 121 Å². The number of amides is 1. The molecule has 1 aliphatic rings. The van der Waals surface area contributed by atoms with Gasteiger partial charge in [0.1, 0.15) is 5.41 Å². The molecule has 1 aromatic rings. The van der Waals surface area contributed by atoms with Crippen LogP contribution in [0.4, 0.5) is 0 Å². The number of aromatic nitrogens is 1. The second kappa shape index (κ2) is 6.40. The van der Waals surface area contributed by atoms with Gasteiger partial charge in [0.15, 0.2) is 0 Å². The van der Waals surface area contributed by atoms with Gasteiger partial charge < -0.3 is 15.8 Å². The van der Waals surface area contributed by atoms with Gasteiger partial charge in [-0.2, -0.15) is 0 Å². The van der Waals surface area contributed by atoms with Crippen LogP contribution in [0.1, 0.15) is 18.5 Å². The summed E-state index contributed by atoms with van der Waals surface area (Å²) >= 11 is 6.63. The van der Waals surface area contributed by atoms with E-state index in [1.165, 1.54) is 0 Å². The summed E-state index contributed by atoms with van der Waals surface area (Å²) in [4.78, 5) is 16.8. The molecule has 0 unspecified atom stereocenters. The molecule has 2 heterocycles. The summed E-state index contributed by atoms with van der Waals surface area (Å²) in [6.07, 6.45) is 1.84. The normalized spacial score (nSPS) is 17.9. The standard InChI is InChI=1S/C12H17N3O2S2/c13-10(18)12(2-5-17-6-3-12)11(16)14-4-1-9-7-19-8-15-9/h7-8H,1-6H2,(H2,13,18)(H,14,16). The molecule has 1 saturated heterocycles. The number of nitrogens with zero attached hydrogens (tertiary/aromatic N) is 1. The van der Waals surface area contributed by atoms with Crippen molar-refractivity contribution in [1.82, 2.24) is 10.3 Å². The minimum Gasteiger partial charge on any atom is -0.392 e. The Morgan fingerprint density at radius 1 is 1.58 bits per heavy atom. The maximum atomic E-state index is 12.3. The van der Waals surface area contributed by atoms with Crippen LogP contribution in [-0.4, -0.2) is 35.6 Å². The van der Waals surface area contributed by atoms with Gasteiger partial charge in [-0.25, -0.2) is 4.98 Å². The lowest BCUT2D eigenvalue weighted by Gasteiger charge is -2.34. The highest BCUT2D eigenvalue weighted by Gasteiger charge is 2.42. The summed E-state index contributed by atoms with van der Waals surface area (Å²) in [5.74, 6) is -0.0847. The monoisotopic (exact) mass is 299 g/mol. The molecule has 3 N–H and O–H groups in total. The van der Waals surface area contributed by atoms with E-state index in [0.29, 0.717) is 32.6 Å². The van der Waals surface area contributed by atoms with Crippen molar-refractivity contribution in [3.63, 3.8) is 0 Å². The SMILES string of the molecule is NC(=S)C1(C(=O)NCCc2cscn2)CCOCC1. The topological polar surface area (TPSA) is 77.2 Å². The lowest BCUT2D eigenvalue weighted by Crippen LogP contribution is -2.52. The molecule has 1 amide bonds. The van der Waals surface area contributed by atoms with Crippen LogP contribution in [0.3, 0.4) is 0 Å². The third-order valence-corrected chi connectivity index (χ3v) is 4.43. The van der Waals surface area contributed by atoms with Gasteiger partial charge in [-0.05, 0) is 12.8 Å². The van der Waals surface area contributed by atoms with Crippen molar-refractivity contribution >= 4 is 34.5 Å². The van der Waals surface area contributed by atoms with E-state index in [1.54, 1.807) is 16.8 Å². The van der Waals surface area contributed by atoms with Gasteiger partial charge in [0, 0.05) is 31.6 Å². The number of thiocarbonyl (C=S) groups is 1. The number of nitrogens with one attached hydrogen (secondary N) is 1. The van der Waals surface area contributed by atoms with Crippen molar-refractivity contribution in [3.8, 4) is 0 Å². The first kappa shape index (κ1) is 14.4. The molecule has 5 nitrogen and oxygen atoms in total. The summed E-state index contributed by atoms with van der Waals surface area (Å²) in [5, 5.41) is 4.89. The van der Waals surface area contributed by atoms with Crippen LogP contribution in [0.25, 0.3) is 0 Å².